The van der Waals surface area contributed by atoms with Crippen LogP contribution in [0.4, 0.5) is 17.1 Å². The van der Waals surface area contributed by atoms with Gasteiger partial charge in [-0.2, -0.15) is 5.10 Å². The molecule has 0 fully saturated rings. The molecule has 2 rings (SSSR count). The minimum Gasteiger partial charge on any atom is -0.478 e. The molecule has 6 heteroatoms. The number of anilines is 3. The van der Waals surface area contributed by atoms with E-state index < -0.39 is 5.97 Å². The lowest BCUT2D eigenvalue weighted by atomic mass is 10.1. The molecule has 0 saturated carbocycles. The summed E-state index contributed by atoms with van der Waals surface area (Å²) < 4.78 is 1.69. The predicted octanol–water partition coefficient (Wildman–Crippen LogP) is 2.06. The summed E-state index contributed by atoms with van der Waals surface area (Å²) in [7, 11) is 1.83. The number of carboxylic acid groups (broad SMARTS) is 1. The van der Waals surface area contributed by atoms with E-state index in [1.165, 1.54) is 6.07 Å². The second-order valence-electron chi connectivity index (χ2n) is 4.49. The Hall–Kier alpha value is -2.50. The highest BCUT2D eigenvalue weighted by atomic mass is 16.4. The van der Waals surface area contributed by atoms with Crippen molar-refractivity contribution in [1.29, 1.82) is 0 Å². The van der Waals surface area contributed by atoms with Gasteiger partial charge < -0.3 is 16.2 Å². The number of benzene rings is 1. The summed E-state index contributed by atoms with van der Waals surface area (Å²) in [5, 5.41) is 16.5. The summed E-state index contributed by atoms with van der Waals surface area (Å²) >= 11 is 0. The first kappa shape index (κ1) is 12.9. The van der Waals surface area contributed by atoms with Crippen LogP contribution in [-0.4, -0.2) is 20.9 Å². The third kappa shape index (κ3) is 2.52. The van der Waals surface area contributed by atoms with Crippen LogP contribution in [0.1, 0.15) is 21.6 Å². The van der Waals surface area contributed by atoms with E-state index in [9.17, 15) is 4.79 Å². The Morgan fingerprint density at radius 3 is 2.63 bits per heavy atom. The number of rotatable bonds is 3. The average Bonchev–Trinajstić information content (AvgIpc) is 2.62. The SMILES string of the molecule is Cc1cc(Nc2cn(C)nc2C)cc(C(=O)O)c1N. The summed E-state index contributed by atoms with van der Waals surface area (Å²) in [6, 6.07) is 3.34. The Morgan fingerprint density at radius 2 is 2.11 bits per heavy atom. The molecular weight excluding hydrogens is 244 g/mol. The van der Waals surface area contributed by atoms with Gasteiger partial charge in [0, 0.05) is 24.6 Å². The second kappa shape index (κ2) is 4.64. The van der Waals surface area contributed by atoms with Gasteiger partial charge in [0.05, 0.1) is 16.9 Å². The van der Waals surface area contributed by atoms with Gasteiger partial charge >= 0.3 is 5.97 Å². The van der Waals surface area contributed by atoms with Crippen molar-refractivity contribution in [3.63, 3.8) is 0 Å². The van der Waals surface area contributed by atoms with Crippen molar-refractivity contribution in [2.24, 2.45) is 7.05 Å². The molecule has 0 aliphatic rings. The smallest absolute Gasteiger partial charge is 0.337 e. The fourth-order valence-electron chi connectivity index (χ4n) is 1.93. The lowest BCUT2D eigenvalue weighted by Gasteiger charge is -2.10. The van der Waals surface area contributed by atoms with E-state index in [1.54, 1.807) is 11.6 Å². The van der Waals surface area contributed by atoms with Crippen LogP contribution in [0.25, 0.3) is 0 Å². The fourth-order valence-corrected chi connectivity index (χ4v) is 1.93. The number of aromatic carboxylic acids is 1. The molecule has 0 saturated heterocycles. The number of nitrogens with zero attached hydrogens (tertiary/aromatic N) is 2. The summed E-state index contributed by atoms with van der Waals surface area (Å²) in [4.78, 5) is 11.1. The Bertz CT molecular complexity index is 646. The van der Waals surface area contributed by atoms with Gasteiger partial charge in [0.25, 0.3) is 0 Å². The number of carbonyl (C=O) groups is 1. The lowest BCUT2D eigenvalue weighted by Crippen LogP contribution is -2.05. The van der Waals surface area contributed by atoms with Gasteiger partial charge in [-0.15, -0.1) is 0 Å². The largest absolute Gasteiger partial charge is 0.478 e. The van der Waals surface area contributed by atoms with Gasteiger partial charge in [0.15, 0.2) is 0 Å². The number of nitrogen functional groups attached to an aromatic ring is 1. The number of aromatic nitrogens is 2. The standard InChI is InChI=1S/C13H16N4O2/c1-7-4-9(5-10(12(7)14)13(18)19)15-11-6-17(3)16-8(11)2/h4-6,15H,14H2,1-3H3,(H,18,19). The second-order valence-corrected chi connectivity index (χ2v) is 4.49. The van der Waals surface area contributed by atoms with Gasteiger partial charge in [0.1, 0.15) is 0 Å². The minimum absolute atomic E-state index is 0.101. The Labute approximate surface area is 110 Å². The van der Waals surface area contributed by atoms with Crippen LogP contribution < -0.4 is 11.1 Å². The van der Waals surface area contributed by atoms with Crippen LogP contribution in [0.15, 0.2) is 18.3 Å². The van der Waals surface area contributed by atoms with Crippen LogP contribution in [0.2, 0.25) is 0 Å². The van der Waals surface area contributed by atoms with Crippen LogP contribution in [0.5, 0.6) is 0 Å². The van der Waals surface area contributed by atoms with E-state index in [4.69, 9.17) is 10.8 Å². The maximum atomic E-state index is 11.1. The average molecular weight is 260 g/mol. The maximum Gasteiger partial charge on any atom is 0.337 e. The first-order valence-corrected chi connectivity index (χ1v) is 5.79. The quantitative estimate of drug-likeness (QED) is 0.734. The zero-order valence-electron chi connectivity index (χ0n) is 11.1. The van der Waals surface area contributed by atoms with Crippen molar-refractivity contribution in [2.45, 2.75) is 13.8 Å². The van der Waals surface area contributed by atoms with Crippen molar-refractivity contribution in [3.05, 3.63) is 35.2 Å². The van der Waals surface area contributed by atoms with E-state index in [2.05, 4.69) is 10.4 Å². The number of nitrogens with one attached hydrogen (secondary N) is 1. The third-order valence-electron chi connectivity index (χ3n) is 2.91. The molecule has 0 atom stereocenters. The zero-order valence-corrected chi connectivity index (χ0v) is 11.1. The monoisotopic (exact) mass is 260 g/mol. The highest BCUT2D eigenvalue weighted by molar-refractivity contribution is 5.96. The molecule has 0 aliphatic carbocycles. The van der Waals surface area contributed by atoms with E-state index in [0.717, 1.165) is 16.9 Å². The van der Waals surface area contributed by atoms with Crippen LogP contribution in [0.3, 0.4) is 0 Å². The zero-order chi connectivity index (χ0) is 14.2. The van der Waals surface area contributed by atoms with Gasteiger partial charge in [-0.25, -0.2) is 4.79 Å². The summed E-state index contributed by atoms with van der Waals surface area (Å²) in [6.45, 7) is 3.66. The fraction of sp³-hybridized carbons (Fsp3) is 0.231. The van der Waals surface area contributed by atoms with Gasteiger partial charge in [0.2, 0.25) is 0 Å². The lowest BCUT2D eigenvalue weighted by molar-refractivity contribution is 0.0698. The van der Waals surface area contributed by atoms with Crippen LogP contribution >= 0.6 is 0 Å². The highest BCUT2D eigenvalue weighted by Crippen LogP contribution is 2.26. The van der Waals surface area contributed by atoms with Crippen LogP contribution in [0, 0.1) is 13.8 Å². The molecule has 1 heterocycles. The van der Waals surface area contributed by atoms with E-state index >= 15 is 0 Å². The van der Waals surface area contributed by atoms with E-state index in [0.29, 0.717) is 11.4 Å². The molecule has 2 aromatic rings. The first-order valence-electron chi connectivity index (χ1n) is 5.79. The van der Waals surface area contributed by atoms with Gasteiger partial charge in [-0.05, 0) is 31.5 Å². The minimum atomic E-state index is -1.04. The molecule has 6 nitrogen and oxygen atoms in total. The van der Waals surface area contributed by atoms with E-state index in [-0.39, 0.29) is 5.56 Å². The van der Waals surface area contributed by atoms with E-state index in [1.807, 2.05) is 26.2 Å². The molecule has 4 N–H and O–H groups in total. The third-order valence-corrected chi connectivity index (χ3v) is 2.91. The molecular formula is C13H16N4O2. The van der Waals surface area contributed by atoms with Crippen molar-refractivity contribution in [3.8, 4) is 0 Å². The Morgan fingerprint density at radius 1 is 1.42 bits per heavy atom. The van der Waals surface area contributed by atoms with Crippen molar-refractivity contribution >= 4 is 23.0 Å². The number of hydrogen-bond acceptors (Lipinski definition) is 4. The molecule has 0 bridgehead atoms. The Kier molecular flexibility index (Phi) is 3.16. The highest BCUT2D eigenvalue weighted by Gasteiger charge is 2.12. The molecule has 19 heavy (non-hydrogen) atoms. The molecule has 0 unspecified atom stereocenters. The first-order chi connectivity index (χ1) is 8.88. The maximum absolute atomic E-state index is 11.1. The molecule has 0 aliphatic heterocycles. The summed E-state index contributed by atoms with van der Waals surface area (Å²) in [5.41, 5.74) is 9.23. The predicted molar refractivity (Wildman–Crippen MR) is 73.8 cm³/mol. The number of hydrogen-bond donors (Lipinski definition) is 3. The molecule has 100 valence electrons. The number of carboxylic acids is 1. The molecule has 0 amide bonds. The number of nitrogens with two attached hydrogens (primary N) is 1. The van der Waals surface area contributed by atoms with Crippen molar-refractivity contribution in [1.82, 2.24) is 9.78 Å². The Balaban J connectivity index is 2.41. The van der Waals surface area contributed by atoms with Gasteiger partial charge in [-0.1, -0.05) is 0 Å². The van der Waals surface area contributed by atoms with Crippen molar-refractivity contribution < 1.29 is 9.90 Å². The van der Waals surface area contributed by atoms with Crippen LogP contribution in [-0.2, 0) is 7.05 Å². The summed E-state index contributed by atoms with van der Waals surface area (Å²) in [5.74, 6) is -1.04. The number of aryl methyl sites for hydroxylation is 3. The topological polar surface area (TPSA) is 93.2 Å². The summed E-state index contributed by atoms with van der Waals surface area (Å²) in [6.07, 6.45) is 1.83. The normalized spacial score (nSPS) is 10.5. The molecule has 0 radical (unpaired) electrons. The van der Waals surface area contributed by atoms with Gasteiger partial charge in [-0.3, -0.25) is 4.68 Å². The van der Waals surface area contributed by atoms with Crippen molar-refractivity contribution in [2.75, 3.05) is 11.1 Å². The molecule has 1 aromatic carbocycles. The molecule has 0 spiro atoms. The molecule has 1 aromatic heterocycles.